The molecule has 2 saturated heterocycles. The van der Waals surface area contributed by atoms with Crippen LogP contribution in [0, 0.1) is 6.92 Å². The van der Waals surface area contributed by atoms with E-state index in [2.05, 4.69) is 60.4 Å². The molecule has 162 valence electrons. The molecule has 2 fully saturated rings. The number of thioether (sulfide) groups is 1. The number of nitrogens with one attached hydrogen (secondary N) is 1. The Labute approximate surface area is 183 Å². The van der Waals surface area contributed by atoms with Crippen molar-refractivity contribution in [2.75, 3.05) is 44.4 Å². The van der Waals surface area contributed by atoms with Crippen LogP contribution in [-0.2, 0) is 4.74 Å². The lowest BCUT2D eigenvalue weighted by molar-refractivity contribution is -0.0129. The second-order valence-electron chi connectivity index (χ2n) is 8.65. The summed E-state index contributed by atoms with van der Waals surface area (Å²) in [5, 5.41) is 7.83. The van der Waals surface area contributed by atoms with Crippen molar-refractivity contribution in [1.29, 1.82) is 0 Å². The number of morpholine rings is 1. The first-order chi connectivity index (χ1) is 14.5. The summed E-state index contributed by atoms with van der Waals surface area (Å²) in [7, 11) is 0. The Hall–Kier alpha value is -1.83. The quantitative estimate of drug-likeness (QED) is 0.765. The van der Waals surface area contributed by atoms with E-state index in [-0.39, 0.29) is 17.4 Å². The van der Waals surface area contributed by atoms with Crippen LogP contribution in [0.25, 0.3) is 5.69 Å². The number of hydrogen-bond donors (Lipinski definition) is 1. The molecule has 2 aliphatic heterocycles. The van der Waals surface area contributed by atoms with Gasteiger partial charge in [0.1, 0.15) is 0 Å². The van der Waals surface area contributed by atoms with Crippen LogP contribution in [0.1, 0.15) is 47.8 Å². The summed E-state index contributed by atoms with van der Waals surface area (Å²) < 4.78 is 7.45. The molecule has 1 aromatic carbocycles. The average molecular weight is 429 g/mol. The molecule has 0 spiro atoms. The lowest BCUT2D eigenvalue weighted by Gasteiger charge is -2.43. The van der Waals surface area contributed by atoms with Crippen molar-refractivity contribution in [3.8, 4) is 5.69 Å². The van der Waals surface area contributed by atoms with E-state index in [0.717, 1.165) is 55.6 Å². The largest absolute Gasteiger partial charge is 0.379 e. The molecule has 0 aliphatic carbocycles. The number of hydrogen-bond acceptors (Lipinski definition) is 5. The molecule has 1 N–H and O–H groups in total. The highest BCUT2D eigenvalue weighted by molar-refractivity contribution is 7.99. The van der Waals surface area contributed by atoms with Gasteiger partial charge in [0, 0.05) is 30.9 Å². The van der Waals surface area contributed by atoms with E-state index in [4.69, 9.17) is 4.74 Å². The first-order valence-corrected chi connectivity index (χ1v) is 12.0. The number of benzene rings is 1. The molecule has 1 amide bonds. The highest BCUT2D eigenvalue weighted by atomic mass is 32.2. The van der Waals surface area contributed by atoms with Gasteiger partial charge >= 0.3 is 0 Å². The standard InChI is InChI=1S/C23H32N4O2S/c1-17(2)21-20(14-25-27(21)19-6-4-18(3)5-7-19)22(28)24-15-23(8-13-30-16-23)26-9-11-29-12-10-26/h4-7,14,17H,8-13,15-16H2,1-3H3,(H,24,28). The first-order valence-electron chi connectivity index (χ1n) is 10.8. The van der Waals surface area contributed by atoms with Crippen molar-refractivity contribution in [2.45, 2.75) is 38.6 Å². The third kappa shape index (κ3) is 4.29. The van der Waals surface area contributed by atoms with Crippen LogP contribution in [0.15, 0.2) is 30.5 Å². The summed E-state index contributed by atoms with van der Waals surface area (Å²) in [6, 6.07) is 8.26. The topological polar surface area (TPSA) is 59.4 Å². The molecular formula is C23H32N4O2S. The summed E-state index contributed by atoms with van der Waals surface area (Å²) in [4.78, 5) is 15.8. The third-order valence-corrected chi connectivity index (χ3v) is 7.45. The summed E-state index contributed by atoms with van der Waals surface area (Å²) in [6.07, 6.45) is 2.83. The number of carbonyl (C=O) groups is 1. The molecule has 1 aromatic heterocycles. The summed E-state index contributed by atoms with van der Waals surface area (Å²) in [6.45, 7) is 10.4. The number of amides is 1. The third-order valence-electron chi connectivity index (χ3n) is 6.22. The molecule has 6 nitrogen and oxygen atoms in total. The van der Waals surface area contributed by atoms with Gasteiger partial charge in [-0.25, -0.2) is 4.68 Å². The van der Waals surface area contributed by atoms with E-state index in [1.54, 1.807) is 6.20 Å². The molecule has 0 bridgehead atoms. The second kappa shape index (κ2) is 9.12. The van der Waals surface area contributed by atoms with E-state index in [0.29, 0.717) is 12.1 Å². The van der Waals surface area contributed by atoms with Gasteiger partial charge in [-0.1, -0.05) is 31.5 Å². The van der Waals surface area contributed by atoms with E-state index < -0.39 is 0 Å². The van der Waals surface area contributed by atoms with Gasteiger partial charge < -0.3 is 10.1 Å². The minimum atomic E-state index is -0.0263. The Bertz CT molecular complexity index is 866. The Morgan fingerprint density at radius 2 is 2.00 bits per heavy atom. The number of nitrogens with zero attached hydrogens (tertiary/aromatic N) is 3. The van der Waals surface area contributed by atoms with Gasteiger partial charge in [-0.15, -0.1) is 0 Å². The van der Waals surface area contributed by atoms with Crippen LogP contribution in [0.3, 0.4) is 0 Å². The predicted molar refractivity (Wildman–Crippen MR) is 122 cm³/mol. The normalized spacial score (nSPS) is 22.5. The SMILES string of the molecule is Cc1ccc(-n2ncc(C(=O)NCC3(N4CCOCC4)CCSC3)c2C(C)C)cc1. The number of carbonyl (C=O) groups excluding carboxylic acids is 1. The average Bonchev–Trinajstić information content (AvgIpc) is 3.42. The molecule has 1 unspecified atom stereocenters. The van der Waals surface area contributed by atoms with Crippen LogP contribution in [0.5, 0.6) is 0 Å². The smallest absolute Gasteiger partial charge is 0.254 e. The van der Waals surface area contributed by atoms with Crippen molar-refractivity contribution in [3.05, 3.63) is 47.3 Å². The Morgan fingerprint density at radius 3 is 2.63 bits per heavy atom. The Kier molecular flexibility index (Phi) is 6.51. The molecule has 0 saturated carbocycles. The summed E-state index contributed by atoms with van der Waals surface area (Å²) in [5.41, 5.74) is 3.86. The molecular weight excluding hydrogens is 396 g/mol. The maximum Gasteiger partial charge on any atom is 0.254 e. The van der Waals surface area contributed by atoms with Crippen LogP contribution in [0.2, 0.25) is 0 Å². The van der Waals surface area contributed by atoms with Gasteiger partial charge in [0.25, 0.3) is 5.91 Å². The molecule has 1 atom stereocenters. The zero-order chi connectivity index (χ0) is 21.1. The highest BCUT2D eigenvalue weighted by Gasteiger charge is 2.41. The number of aryl methyl sites for hydroxylation is 1. The fourth-order valence-electron chi connectivity index (χ4n) is 4.45. The Balaban J connectivity index is 1.53. The minimum absolute atomic E-state index is 0.0263. The maximum atomic E-state index is 13.2. The summed E-state index contributed by atoms with van der Waals surface area (Å²) in [5.74, 6) is 2.37. The van der Waals surface area contributed by atoms with Gasteiger partial charge in [-0.2, -0.15) is 16.9 Å². The van der Waals surface area contributed by atoms with E-state index in [1.807, 2.05) is 16.4 Å². The first kappa shape index (κ1) is 21.4. The van der Waals surface area contributed by atoms with Gasteiger partial charge in [0.15, 0.2) is 0 Å². The molecule has 7 heteroatoms. The maximum absolute atomic E-state index is 13.2. The number of aromatic nitrogens is 2. The molecule has 0 radical (unpaired) electrons. The molecule has 4 rings (SSSR count). The van der Waals surface area contributed by atoms with Crippen LogP contribution in [0.4, 0.5) is 0 Å². The zero-order valence-corrected chi connectivity index (χ0v) is 19.0. The predicted octanol–water partition coefficient (Wildman–Crippen LogP) is 3.24. The van der Waals surface area contributed by atoms with Gasteiger partial charge in [-0.05, 0) is 37.1 Å². The van der Waals surface area contributed by atoms with E-state index in [9.17, 15) is 4.79 Å². The highest BCUT2D eigenvalue weighted by Crippen LogP contribution is 2.34. The van der Waals surface area contributed by atoms with Gasteiger partial charge in [-0.3, -0.25) is 9.69 Å². The molecule has 2 aromatic rings. The summed E-state index contributed by atoms with van der Waals surface area (Å²) >= 11 is 1.98. The zero-order valence-electron chi connectivity index (χ0n) is 18.2. The van der Waals surface area contributed by atoms with Crippen LogP contribution >= 0.6 is 11.8 Å². The molecule has 30 heavy (non-hydrogen) atoms. The van der Waals surface area contributed by atoms with E-state index in [1.165, 1.54) is 5.56 Å². The fraction of sp³-hybridized carbons (Fsp3) is 0.565. The van der Waals surface area contributed by atoms with Crippen LogP contribution in [-0.4, -0.2) is 70.5 Å². The lowest BCUT2D eigenvalue weighted by atomic mass is 9.95. The lowest BCUT2D eigenvalue weighted by Crippen LogP contribution is -2.59. The minimum Gasteiger partial charge on any atom is -0.379 e. The monoisotopic (exact) mass is 428 g/mol. The van der Waals surface area contributed by atoms with Crippen molar-refractivity contribution in [3.63, 3.8) is 0 Å². The Morgan fingerprint density at radius 1 is 1.27 bits per heavy atom. The van der Waals surface area contributed by atoms with Gasteiger partial charge in [0.05, 0.1) is 36.4 Å². The van der Waals surface area contributed by atoms with Crippen LogP contribution < -0.4 is 5.32 Å². The fourth-order valence-corrected chi connectivity index (χ4v) is 5.93. The van der Waals surface area contributed by atoms with E-state index >= 15 is 0 Å². The van der Waals surface area contributed by atoms with Crippen molar-refractivity contribution < 1.29 is 9.53 Å². The van der Waals surface area contributed by atoms with Crippen molar-refractivity contribution in [1.82, 2.24) is 20.0 Å². The second-order valence-corrected chi connectivity index (χ2v) is 9.76. The number of rotatable bonds is 6. The van der Waals surface area contributed by atoms with Crippen molar-refractivity contribution >= 4 is 17.7 Å². The molecule has 3 heterocycles. The van der Waals surface area contributed by atoms with Gasteiger partial charge in [0.2, 0.25) is 0 Å². The number of ether oxygens (including phenoxy) is 1. The van der Waals surface area contributed by atoms with Crippen molar-refractivity contribution in [2.24, 2.45) is 0 Å². The molecule has 2 aliphatic rings.